The van der Waals surface area contributed by atoms with E-state index in [1.165, 1.54) is 0 Å². The highest BCUT2D eigenvalue weighted by molar-refractivity contribution is 5.92. The highest BCUT2D eigenvalue weighted by atomic mass is 16.5. The maximum atomic E-state index is 12.5. The van der Waals surface area contributed by atoms with E-state index >= 15 is 0 Å². The Hall–Kier alpha value is -2.90. The van der Waals surface area contributed by atoms with Crippen molar-refractivity contribution in [2.75, 3.05) is 18.4 Å². The molecule has 1 aliphatic rings. The minimum atomic E-state index is -0.0501. The van der Waals surface area contributed by atoms with Crippen LogP contribution in [0.5, 0.6) is 5.88 Å². The maximum absolute atomic E-state index is 12.5. The van der Waals surface area contributed by atoms with Crippen molar-refractivity contribution in [3.8, 4) is 5.88 Å². The van der Waals surface area contributed by atoms with Crippen molar-refractivity contribution in [3.05, 3.63) is 36.3 Å². The summed E-state index contributed by atoms with van der Waals surface area (Å²) in [6, 6.07) is 5.25. The molecule has 2 aromatic heterocycles. The predicted octanol–water partition coefficient (Wildman–Crippen LogP) is 1.85. The fourth-order valence-electron chi connectivity index (χ4n) is 2.87. The van der Waals surface area contributed by atoms with E-state index in [1.807, 2.05) is 4.90 Å². The quantitative estimate of drug-likeness (QED) is 0.882. The summed E-state index contributed by atoms with van der Waals surface area (Å²) in [6.45, 7) is 3.07. The number of piperidine rings is 1. The maximum Gasteiger partial charge on any atom is 0.272 e. The number of carbonyl (C=O) groups excluding carboxylic acids is 2. The van der Waals surface area contributed by atoms with E-state index in [4.69, 9.17) is 4.74 Å². The van der Waals surface area contributed by atoms with Gasteiger partial charge in [0.1, 0.15) is 11.8 Å². The van der Waals surface area contributed by atoms with Crippen LogP contribution in [0.3, 0.4) is 0 Å². The Bertz CT molecular complexity index is 763. The van der Waals surface area contributed by atoms with Crippen molar-refractivity contribution in [2.24, 2.45) is 7.05 Å². The third kappa shape index (κ3) is 4.19. The molecule has 1 saturated heterocycles. The van der Waals surface area contributed by atoms with Crippen LogP contribution < -0.4 is 10.1 Å². The van der Waals surface area contributed by atoms with Gasteiger partial charge in [-0.25, -0.2) is 4.98 Å². The molecule has 138 valence electrons. The van der Waals surface area contributed by atoms with Gasteiger partial charge in [0.15, 0.2) is 0 Å². The average Bonchev–Trinajstić information content (AvgIpc) is 3.09. The molecule has 8 nitrogen and oxygen atoms in total. The second-order valence-corrected chi connectivity index (χ2v) is 6.24. The van der Waals surface area contributed by atoms with Gasteiger partial charge < -0.3 is 15.0 Å². The van der Waals surface area contributed by atoms with Gasteiger partial charge in [-0.2, -0.15) is 5.10 Å². The van der Waals surface area contributed by atoms with Gasteiger partial charge in [0.2, 0.25) is 11.8 Å². The van der Waals surface area contributed by atoms with Crippen LogP contribution in [-0.2, 0) is 11.8 Å². The average molecular weight is 357 g/mol. The van der Waals surface area contributed by atoms with Crippen LogP contribution in [0, 0.1) is 0 Å². The van der Waals surface area contributed by atoms with E-state index in [2.05, 4.69) is 15.4 Å². The molecule has 2 aromatic rings. The third-order valence-electron chi connectivity index (χ3n) is 4.40. The monoisotopic (exact) mass is 357 g/mol. The lowest BCUT2D eigenvalue weighted by Gasteiger charge is -2.31. The highest BCUT2D eigenvalue weighted by Gasteiger charge is 2.26. The van der Waals surface area contributed by atoms with E-state index in [0.717, 1.165) is 12.8 Å². The molecule has 0 atom stereocenters. The van der Waals surface area contributed by atoms with Gasteiger partial charge in [-0.3, -0.25) is 14.3 Å². The molecule has 0 radical (unpaired) electrons. The molecule has 0 spiro atoms. The first kappa shape index (κ1) is 17.9. The molecular formula is C18H23N5O3. The largest absolute Gasteiger partial charge is 0.474 e. The number of likely N-dealkylation sites (tertiary alicyclic amines) is 1. The smallest absolute Gasteiger partial charge is 0.272 e. The van der Waals surface area contributed by atoms with Crippen molar-refractivity contribution in [1.82, 2.24) is 19.7 Å². The number of pyridine rings is 1. The van der Waals surface area contributed by atoms with Gasteiger partial charge in [-0.1, -0.05) is 6.92 Å². The SMILES string of the molecule is CCC(=O)Nc1ccc(OC2CCN(C(=O)c3ccnn3C)CC2)nc1. The summed E-state index contributed by atoms with van der Waals surface area (Å²) in [5.41, 5.74) is 1.25. The Morgan fingerprint density at radius 1 is 1.27 bits per heavy atom. The number of aromatic nitrogens is 3. The Kier molecular flexibility index (Phi) is 5.50. The van der Waals surface area contributed by atoms with Gasteiger partial charge in [-0.15, -0.1) is 0 Å². The summed E-state index contributed by atoms with van der Waals surface area (Å²) in [6.07, 6.45) is 5.16. The van der Waals surface area contributed by atoms with Crippen LogP contribution in [0.4, 0.5) is 5.69 Å². The first-order valence-corrected chi connectivity index (χ1v) is 8.76. The lowest BCUT2D eigenvalue weighted by Crippen LogP contribution is -2.42. The second kappa shape index (κ2) is 7.99. The fraction of sp³-hybridized carbons (Fsp3) is 0.444. The second-order valence-electron chi connectivity index (χ2n) is 6.24. The van der Waals surface area contributed by atoms with Gasteiger partial charge in [0.25, 0.3) is 5.91 Å². The normalized spacial score (nSPS) is 14.9. The lowest BCUT2D eigenvalue weighted by atomic mass is 10.1. The number of nitrogens with one attached hydrogen (secondary N) is 1. The van der Waals surface area contributed by atoms with Gasteiger partial charge in [0.05, 0.1) is 11.9 Å². The van der Waals surface area contributed by atoms with E-state index < -0.39 is 0 Å². The highest BCUT2D eigenvalue weighted by Crippen LogP contribution is 2.20. The molecule has 1 N–H and O–H groups in total. The van der Waals surface area contributed by atoms with Crippen molar-refractivity contribution in [1.29, 1.82) is 0 Å². The zero-order chi connectivity index (χ0) is 18.5. The van der Waals surface area contributed by atoms with Gasteiger partial charge >= 0.3 is 0 Å². The van der Waals surface area contributed by atoms with E-state index in [-0.39, 0.29) is 17.9 Å². The van der Waals surface area contributed by atoms with Crippen molar-refractivity contribution in [3.63, 3.8) is 0 Å². The van der Waals surface area contributed by atoms with E-state index in [9.17, 15) is 9.59 Å². The predicted molar refractivity (Wildman–Crippen MR) is 95.9 cm³/mol. The molecule has 0 aromatic carbocycles. The molecule has 0 aliphatic carbocycles. The molecular weight excluding hydrogens is 334 g/mol. The summed E-state index contributed by atoms with van der Waals surface area (Å²) in [5, 5.41) is 6.79. The third-order valence-corrected chi connectivity index (χ3v) is 4.40. The molecule has 26 heavy (non-hydrogen) atoms. The summed E-state index contributed by atoms with van der Waals surface area (Å²) >= 11 is 0. The number of aryl methyl sites for hydroxylation is 1. The summed E-state index contributed by atoms with van der Waals surface area (Å²) in [5.74, 6) is 0.472. The van der Waals surface area contributed by atoms with Gasteiger partial charge in [-0.05, 0) is 12.1 Å². The Labute approximate surface area is 152 Å². The van der Waals surface area contributed by atoms with Gasteiger partial charge in [0, 0.05) is 51.7 Å². The molecule has 2 amide bonds. The number of ether oxygens (including phenoxy) is 1. The van der Waals surface area contributed by atoms with Crippen molar-refractivity contribution >= 4 is 17.5 Å². The standard InChI is InChI=1S/C18H23N5O3/c1-3-16(24)21-13-4-5-17(19-12-13)26-14-7-10-23(11-8-14)18(25)15-6-9-20-22(15)2/h4-6,9,12,14H,3,7-8,10-11H2,1-2H3,(H,21,24). The summed E-state index contributed by atoms with van der Waals surface area (Å²) < 4.78 is 7.50. The topological polar surface area (TPSA) is 89.4 Å². The van der Waals surface area contributed by atoms with Crippen LogP contribution >= 0.6 is 0 Å². The van der Waals surface area contributed by atoms with E-state index in [1.54, 1.807) is 49.2 Å². The van der Waals surface area contributed by atoms with Crippen LogP contribution in [0.1, 0.15) is 36.7 Å². The number of rotatable bonds is 5. The first-order valence-electron chi connectivity index (χ1n) is 8.76. The van der Waals surface area contributed by atoms with E-state index in [0.29, 0.717) is 36.8 Å². The molecule has 0 unspecified atom stereocenters. The molecule has 1 aliphatic heterocycles. The minimum Gasteiger partial charge on any atom is -0.474 e. The lowest BCUT2D eigenvalue weighted by molar-refractivity contribution is -0.115. The number of carbonyl (C=O) groups is 2. The minimum absolute atomic E-state index is 0.00223. The van der Waals surface area contributed by atoms with Crippen molar-refractivity contribution in [2.45, 2.75) is 32.3 Å². The number of nitrogens with zero attached hydrogens (tertiary/aromatic N) is 4. The molecule has 0 saturated carbocycles. The number of hydrogen-bond acceptors (Lipinski definition) is 5. The van der Waals surface area contributed by atoms with Crippen LogP contribution in [0.15, 0.2) is 30.6 Å². The fourth-order valence-corrected chi connectivity index (χ4v) is 2.87. The molecule has 1 fully saturated rings. The Balaban J connectivity index is 1.50. The molecule has 0 bridgehead atoms. The summed E-state index contributed by atoms with van der Waals surface area (Å²) in [7, 11) is 1.77. The summed E-state index contributed by atoms with van der Waals surface area (Å²) in [4.78, 5) is 29.9. The van der Waals surface area contributed by atoms with Crippen LogP contribution in [0.2, 0.25) is 0 Å². The molecule has 8 heteroatoms. The Morgan fingerprint density at radius 2 is 2.04 bits per heavy atom. The number of amides is 2. The molecule has 3 rings (SSSR count). The number of anilines is 1. The molecule has 3 heterocycles. The Morgan fingerprint density at radius 3 is 2.62 bits per heavy atom. The number of hydrogen-bond donors (Lipinski definition) is 1. The van der Waals surface area contributed by atoms with Crippen LogP contribution in [-0.4, -0.2) is 50.7 Å². The van der Waals surface area contributed by atoms with Crippen molar-refractivity contribution < 1.29 is 14.3 Å². The zero-order valence-corrected chi connectivity index (χ0v) is 15.0. The zero-order valence-electron chi connectivity index (χ0n) is 15.0. The first-order chi connectivity index (χ1) is 12.6. The van der Waals surface area contributed by atoms with Crippen LogP contribution in [0.25, 0.3) is 0 Å².